The van der Waals surface area contributed by atoms with Crippen molar-refractivity contribution in [1.29, 1.82) is 0 Å². The van der Waals surface area contributed by atoms with Crippen LogP contribution in [-0.4, -0.2) is 20.1 Å². The summed E-state index contributed by atoms with van der Waals surface area (Å²) in [5, 5.41) is 0. The molecule has 3 aromatic rings. The summed E-state index contributed by atoms with van der Waals surface area (Å²) in [6.07, 6.45) is 1.63. The van der Waals surface area contributed by atoms with Gasteiger partial charge in [0, 0.05) is 6.20 Å². The maximum Gasteiger partial charge on any atom is 0.275 e. The van der Waals surface area contributed by atoms with Crippen LogP contribution in [0.15, 0.2) is 76.6 Å². The second-order valence-corrected chi connectivity index (χ2v) is 7.76. The summed E-state index contributed by atoms with van der Waals surface area (Å²) < 4.78 is 34.4. The molecule has 0 radical (unpaired) electrons. The Hall–Kier alpha value is -3.06. The fraction of sp³-hybridized carbons (Fsp3) is 0.150. The number of aromatic nitrogens is 1. The zero-order chi connectivity index (χ0) is 19.4. The number of nitrogens with zero attached hydrogens (tertiary/aromatic N) is 1. The van der Waals surface area contributed by atoms with Crippen molar-refractivity contribution in [3.8, 4) is 5.75 Å². The van der Waals surface area contributed by atoms with Gasteiger partial charge in [-0.05, 0) is 48.4 Å². The van der Waals surface area contributed by atoms with Crippen molar-refractivity contribution >= 4 is 15.7 Å². The first kappa shape index (κ1) is 18.7. The van der Waals surface area contributed by atoms with Crippen LogP contribution < -0.4 is 15.0 Å². The molecule has 27 heavy (non-hydrogen) atoms. The van der Waals surface area contributed by atoms with Gasteiger partial charge in [0.05, 0.1) is 18.6 Å². The maximum atomic E-state index is 12.7. The van der Waals surface area contributed by atoms with Crippen molar-refractivity contribution in [1.82, 2.24) is 4.57 Å². The van der Waals surface area contributed by atoms with Gasteiger partial charge in [0.2, 0.25) is 0 Å². The van der Waals surface area contributed by atoms with E-state index in [1.54, 1.807) is 25.3 Å². The highest BCUT2D eigenvalue weighted by Gasteiger charge is 2.17. The fourth-order valence-corrected chi connectivity index (χ4v) is 3.88. The molecular formula is C20H20N2O4S. The minimum Gasteiger partial charge on any atom is -0.496 e. The summed E-state index contributed by atoms with van der Waals surface area (Å²) in [5.74, 6) is 0.596. The molecule has 1 aromatic heterocycles. The third kappa shape index (κ3) is 4.20. The van der Waals surface area contributed by atoms with Crippen LogP contribution in [0.5, 0.6) is 5.75 Å². The Kier molecular flexibility index (Phi) is 5.32. The molecule has 0 fully saturated rings. The lowest BCUT2D eigenvalue weighted by Gasteiger charge is -2.12. The van der Waals surface area contributed by atoms with E-state index in [0.717, 1.165) is 5.56 Å². The van der Waals surface area contributed by atoms with E-state index in [0.29, 0.717) is 17.9 Å². The van der Waals surface area contributed by atoms with Gasteiger partial charge in [-0.1, -0.05) is 30.3 Å². The molecule has 0 unspecified atom stereocenters. The summed E-state index contributed by atoms with van der Waals surface area (Å²) in [6.45, 7) is 2.12. The van der Waals surface area contributed by atoms with Gasteiger partial charge < -0.3 is 9.30 Å². The minimum absolute atomic E-state index is 0.00176. The van der Waals surface area contributed by atoms with Gasteiger partial charge in [-0.25, -0.2) is 8.42 Å². The number of rotatable bonds is 6. The molecule has 1 N–H and O–H groups in total. The maximum absolute atomic E-state index is 12.7. The molecule has 0 aliphatic heterocycles. The molecule has 140 valence electrons. The van der Waals surface area contributed by atoms with Crippen molar-refractivity contribution in [2.24, 2.45) is 0 Å². The lowest BCUT2D eigenvalue weighted by Crippen LogP contribution is -2.26. The van der Waals surface area contributed by atoms with Gasteiger partial charge in [-0.15, -0.1) is 0 Å². The fourth-order valence-electron chi connectivity index (χ4n) is 2.74. The smallest absolute Gasteiger partial charge is 0.275 e. The van der Waals surface area contributed by atoms with Crippen LogP contribution >= 0.6 is 0 Å². The average molecular weight is 384 g/mol. The molecule has 0 amide bonds. The van der Waals surface area contributed by atoms with Gasteiger partial charge in [-0.2, -0.15) is 0 Å². The van der Waals surface area contributed by atoms with Crippen LogP contribution in [0.3, 0.4) is 0 Å². The first-order valence-corrected chi connectivity index (χ1v) is 9.80. The Labute approximate surface area is 158 Å². The number of ether oxygens (including phenoxy) is 1. The predicted octanol–water partition coefficient (Wildman–Crippen LogP) is 3.01. The van der Waals surface area contributed by atoms with Crippen LogP contribution in [0.25, 0.3) is 0 Å². The van der Waals surface area contributed by atoms with Gasteiger partial charge >= 0.3 is 0 Å². The Morgan fingerprint density at radius 3 is 2.44 bits per heavy atom. The number of sulfonamides is 1. The topological polar surface area (TPSA) is 77.4 Å². The second kappa shape index (κ2) is 7.67. The average Bonchev–Trinajstić information content (AvgIpc) is 2.65. The first-order valence-electron chi connectivity index (χ1n) is 8.31. The largest absolute Gasteiger partial charge is 0.496 e. The van der Waals surface area contributed by atoms with E-state index in [-0.39, 0.29) is 10.6 Å². The van der Waals surface area contributed by atoms with Crippen molar-refractivity contribution in [2.75, 3.05) is 11.8 Å². The molecule has 0 saturated carbocycles. The van der Waals surface area contributed by atoms with Crippen molar-refractivity contribution in [3.05, 3.63) is 88.3 Å². The summed E-state index contributed by atoms with van der Waals surface area (Å²) in [5.41, 5.74) is 1.23. The number of aryl methyl sites for hydroxylation is 1. The van der Waals surface area contributed by atoms with E-state index in [1.165, 1.54) is 29.9 Å². The standard InChI is InChI=1S/C20H20N2O4S/c1-15-13-17(10-11-19(15)26-2)27(24,25)21-18-9-6-12-22(20(18)23)14-16-7-4-3-5-8-16/h3-13,21H,14H2,1-2H3. The van der Waals surface area contributed by atoms with E-state index in [1.807, 2.05) is 30.3 Å². The number of methoxy groups -OCH3 is 1. The van der Waals surface area contributed by atoms with Gasteiger partial charge in [0.15, 0.2) is 0 Å². The number of benzene rings is 2. The molecule has 0 atom stereocenters. The van der Waals surface area contributed by atoms with E-state index < -0.39 is 15.6 Å². The normalized spacial score (nSPS) is 11.2. The Morgan fingerprint density at radius 2 is 1.78 bits per heavy atom. The summed E-state index contributed by atoms with van der Waals surface area (Å²) in [4.78, 5) is 12.7. The predicted molar refractivity (Wildman–Crippen MR) is 105 cm³/mol. The Balaban J connectivity index is 1.90. The molecule has 0 aliphatic rings. The van der Waals surface area contributed by atoms with Gasteiger partial charge in [0.1, 0.15) is 11.4 Å². The zero-order valence-corrected chi connectivity index (χ0v) is 15.9. The molecule has 0 bridgehead atoms. The molecule has 0 aliphatic carbocycles. The SMILES string of the molecule is COc1ccc(S(=O)(=O)Nc2cccn(Cc3ccccc3)c2=O)cc1C. The molecule has 7 heteroatoms. The van der Waals surface area contributed by atoms with Crippen molar-refractivity contribution < 1.29 is 13.2 Å². The first-order chi connectivity index (χ1) is 12.9. The second-order valence-electron chi connectivity index (χ2n) is 6.08. The number of anilines is 1. The number of nitrogens with one attached hydrogen (secondary N) is 1. The molecule has 3 rings (SSSR count). The molecule has 0 spiro atoms. The molecule has 1 heterocycles. The lowest BCUT2D eigenvalue weighted by molar-refractivity contribution is 0.411. The number of hydrogen-bond donors (Lipinski definition) is 1. The minimum atomic E-state index is -3.89. The van der Waals surface area contributed by atoms with Crippen LogP contribution in [0, 0.1) is 6.92 Å². The number of pyridine rings is 1. The van der Waals surface area contributed by atoms with Crippen LogP contribution in [-0.2, 0) is 16.6 Å². The molecule has 6 nitrogen and oxygen atoms in total. The summed E-state index contributed by atoms with van der Waals surface area (Å²) in [7, 11) is -2.37. The third-order valence-electron chi connectivity index (χ3n) is 4.14. The molecule has 2 aromatic carbocycles. The lowest BCUT2D eigenvalue weighted by atomic mass is 10.2. The van der Waals surface area contributed by atoms with Crippen molar-refractivity contribution in [3.63, 3.8) is 0 Å². The highest BCUT2D eigenvalue weighted by molar-refractivity contribution is 7.92. The van der Waals surface area contributed by atoms with Gasteiger partial charge in [0.25, 0.3) is 15.6 Å². The highest BCUT2D eigenvalue weighted by Crippen LogP contribution is 2.22. The summed E-state index contributed by atoms with van der Waals surface area (Å²) in [6, 6.07) is 17.1. The zero-order valence-electron chi connectivity index (χ0n) is 15.0. The molecule has 0 saturated heterocycles. The Morgan fingerprint density at radius 1 is 1.04 bits per heavy atom. The van der Waals surface area contributed by atoms with Crippen LogP contribution in [0.2, 0.25) is 0 Å². The Bertz CT molecular complexity index is 1110. The molecular weight excluding hydrogens is 364 g/mol. The van der Waals surface area contributed by atoms with E-state index >= 15 is 0 Å². The van der Waals surface area contributed by atoms with E-state index in [9.17, 15) is 13.2 Å². The van der Waals surface area contributed by atoms with E-state index in [2.05, 4.69) is 4.72 Å². The number of hydrogen-bond acceptors (Lipinski definition) is 4. The third-order valence-corrected chi connectivity index (χ3v) is 5.50. The van der Waals surface area contributed by atoms with Crippen LogP contribution in [0.1, 0.15) is 11.1 Å². The quantitative estimate of drug-likeness (QED) is 0.709. The highest BCUT2D eigenvalue weighted by atomic mass is 32.2. The summed E-state index contributed by atoms with van der Waals surface area (Å²) >= 11 is 0. The van der Waals surface area contributed by atoms with Crippen LogP contribution in [0.4, 0.5) is 5.69 Å². The monoisotopic (exact) mass is 384 g/mol. The van der Waals surface area contributed by atoms with Gasteiger partial charge in [-0.3, -0.25) is 9.52 Å². The van der Waals surface area contributed by atoms with E-state index in [4.69, 9.17) is 4.74 Å². The van der Waals surface area contributed by atoms with Crippen molar-refractivity contribution in [2.45, 2.75) is 18.4 Å².